The topological polar surface area (TPSA) is 46.6 Å². The van der Waals surface area contributed by atoms with Gasteiger partial charge in [-0.05, 0) is 52.0 Å². The average molecular weight is 390 g/mol. The van der Waals surface area contributed by atoms with Crippen molar-refractivity contribution in [2.24, 2.45) is 0 Å². The molecule has 0 aliphatic rings. The first kappa shape index (κ1) is 16.5. The summed E-state index contributed by atoms with van der Waals surface area (Å²) in [6.45, 7) is 2.85. The number of hydrogen-bond acceptors (Lipinski definition) is 4. The number of halogens is 1. The second kappa shape index (κ2) is 6.91. The van der Waals surface area contributed by atoms with Gasteiger partial charge in [0.2, 0.25) is 0 Å². The normalized spacial score (nSPS) is 11.8. The highest BCUT2D eigenvalue weighted by Gasteiger charge is 2.24. The van der Waals surface area contributed by atoms with Gasteiger partial charge in [-0.2, -0.15) is 4.31 Å². The van der Waals surface area contributed by atoms with Crippen LogP contribution in [0.25, 0.3) is 0 Å². The molecule has 0 fully saturated rings. The minimum absolute atomic E-state index is 0.319. The van der Waals surface area contributed by atoms with Gasteiger partial charge in [0.25, 0.3) is 10.0 Å². The summed E-state index contributed by atoms with van der Waals surface area (Å²) in [5, 5.41) is 1.75. The molecule has 0 amide bonds. The summed E-state index contributed by atoms with van der Waals surface area (Å²) in [6.07, 6.45) is 0. The van der Waals surface area contributed by atoms with Gasteiger partial charge in [-0.25, -0.2) is 8.42 Å². The Hall–Kier alpha value is -0.890. The Balaban J connectivity index is 2.14. The Morgan fingerprint density at radius 2 is 1.90 bits per heavy atom. The van der Waals surface area contributed by atoms with E-state index in [4.69, 9.17) is 4.74 Å². The fourth-order valence-electron chi connectivity index (χ4n) is 1.81. The number of benzene rings is 1. The number of ether oxygens (including phenoxy) is 1. The Labute approximate surface area is 137 Å². The van der Waals surface area contributed by atoms with E-state index in [-0.39, 0.29) is 0 Å². The van der Waals surface area contributed by atoms with Crippen LogP contribution >= 0.6 is 27.3 Å². The number of sulfonamides is 1. The lowest BCUT2D eigenvalue weighted by molar-refractivity contribution is 0.340. The summed E-state index contributed by atoms with van der Waals surface area (Å²) in [4.78, 5) is 0. The van der Waals surface area contributed by atoms with E-state index in [9.17, 15) is 8.42 Å². The second-order valence-electron chi connectivity index (χ2n) is 4.39. The molecule has 1 aromatic carbocycles. The van der Waals surface area contributed by atoms with Crippen molar-refractivity contribution in [1.29, 1.82) is 0 Å². The summed E-state index contributed by atoms with van der Waals surface area (Å²) in [7, 11) is -1.89. The smallest absolute Gasteiger partial charge is 0.253 e. The van der Waals surface area contributed by atoms with Crippen LogP contribution in [0.5, 0.6) is 5.75 Å². The molecule has 114 valence electrons. The third-order valence-corrected chi connectivity index (χ3v) is 7.32. The molecule has 0 aliphatic carbocycles. The van der Waals surface area contributed by atoms with Crippen LogP contribution in [0.3, 0.4) is 0 Å². The molecule has 0 radical (unpaired) electrons. The minimum atomic E-state index is -3.47. The Morgan fingerprint density at radius 3 is 2.43 bits per heavy atom. The van der Waals surface area contributed by atoms with Crippen LogP contribution in [-0.2, 0) is 16.6 Å². The quantitative estimate of drug-likeness (QED) is 0.755. The molecule has 4 nitrogen and oxygen atoms in total. The predicted molar refractivity (Wildman–Crippen MR) is 88.3 cm³/mol. The Bertz CT molecular complexity index is 695. The first-order chi connectivity index (χ1) is 9.95. The maximum absolute atomic E-state index is 12.5. The van der Waals surface area contributed by atoms with Gasteiger partial charge < -0.3 is 4.74 Å². The van der Waals surface area contributed by atoms with Crippen molar-refractivity contribution in [2.45, 2.75) is 17.7 Å². The van der Waals surface area contributed by atoms with E-state index in [0.717, 1.165) is 11.3 Å². The molecule has 2 aromatic rings. The van der Waals surface area contributed by atoms with Crippen LogP contribution in [0.15, 0.2) is 44.4 Å². The van der Waals surface area contributed by atoms with E-state index >= 15 is 0 Å². The highest BCUT2D eigenvalue weighted by Crippen LogP contribution is 2.30. The van der Waals surface area contributed by atoms with Crippen LogP contribution in [0.4, 0.5) is 0 Å². The standard InChI is InChI=1S/C14H16BrNO3S2/c1-3-19-12-6-4-11(5-7-12)10-16(2)21(17,18)14-13(15)8-9-20-14/h4-9H,3,10H2,1-2H3. The zero-order valence-electron chi connectivity index (χ0n) is 11.7. The molecule has 0 atom stereocenters. The third-order valence-electron chi connectivity index (χ3n) is 2.87. The number of thiophene rings is 1. The van der Waals surface area contributed by atoms with Crippen LogP contribution in [0.1, 0.15) is 12.5 Å². The molecule has 0 aliphatic heterocycles. The van der Waals surface area contributed by atoms with Crippen molar-refractivity contribution >= 4 is 37.3 Å². The summed E-state index contributed by atoms with van der Waals surface area (Å²) in [6, 6.07) is 9.18. The molecule has 7 heteroatoms. The van der Waals surface area contributed by atoms with Gasteiger partial charge >= 0.3 is 0 Å². The predicted octanol–water partition coefficient (Wildman–Crippen LogP) is 3.73. The summed E-state index contributed by atoms with van der Waals surface area (Å²) < 4.78 is 32.6. The van der Waals surface area contributed by atoms with Crippen LogP contribution in [0, 0.1) is 0 Å². The number of rotatable bonds is 6. The molecule has 0 spiro atoms. The molecule has 1 heterocycles. The Kier molecular flexibility index (Phi) is 5.43. The molecule has 21 heavy (non-hydrogen) atoms. The van der Waals surface area contributed by atoms with Crippen molar-refractivity contribution in [1.82, 2.24) is 4.31 Å². The summed E-state index contributed by atoms with van der Waals surface area (Å²) in [5.74, 6) is 0.785. The lowest BCUT2D eigenvalue weighted by atomic mass is 10.2. The molecule has 0 saturated carbocycles. The van der Waals surface area contributed by atoms with Crippen molar-refractivity contribution < 1.29 is 13.2 Å². The molecule has 0 saturated heterocycles. The van der Waals surface area contributed by atoms with Crippen LogP contribution in [0.2, 0.25) is 0 Å². The zero-order chi connectivity index (χ0) is 15.5. The van der Waals surface area contributed by atoms with Gasteiger partial charge in [-0.1, -0.05) is 12.1 Å². The fraction of sp³-hybridized carbons (Fsp3) is 0.286. The lowest BCUT2D eigenvalue weighted by Gasteiger charge is -2.16. The fourth-order valence-corrected chi connectivity index (χ4v) is 5.47. The maximum Gasteiger partial charge on any atom is 0.253 e. The average Bonchev–Trinajstić information content (AvgIpc) is 2.88. The number of hydrogen-bond donors (Lipinski definition) is 0. The van der Waals surface area contributed by atoms with E-state index < -0.39 is 10.0 Å². The monoisotopic (exact) mass is 389 g/mol. The van der Waals surface area contributed by atoms with Crippen LogP contribution < -0.4 is 4.74 Å². The molecule has 0 N–H and O–H groups in total. The molecular weight excluding hydrogens is 374 g/mol. The van der Waals surface area contributed by atoms with Crippen molar-refractivity contribution in [2.75, 3.05) is 13.7 Å². The SMILES string of the molecule is CCOc1ccc(CN(C)S(=O)(=O)c2sccc2Br)cc1. The van der Waals surface area contributed by atoms with Gasteiger partial charge in [-0.3, -0.25) is 0 Å². The molecule has 1 aromatic heterocycles. The van der Waals surface area contributed by atoms with Crippen LogP contribution in [-0.4, -0.2) is 26.4 Å². The van der Waals surface area contributed by atoms with Gasteiger partial charge in [0.1, 0.15) is 9.96 Å². The van der Waals surface area contributed by atoms with E-state index in [2.05, 4.69) is 15.9 Å². The lowest BCUT2D eigenvalue weighted by Crippen LogP contribution is -2.26. The van der Waals surface area contributed by atoms with E-state index in [1.54, 1.807) is 18.5 Å². The van der Waals surface area contributed by atoms with E-state index in [1.807, 2.05) is 31.2 Å². The molecule has 2 rings (SSSR count). The first-order valence-electron chi connectivity index (χ1n) is 6.36. The zero-order valence-corrected chi connectivity index (χ0v) is 15.0. The summed E-state index contributed by atoms with van der Waals surface area (Å²) >= 11 is 4.48. The molecular formula is C14H16BrNO3S2. The number of nitrogens with zero attached hydrogens (tertiary/aromatic N) is 1. The third kappa shape index (κ3) is 3.85. The van der Waals surface area contributed by atoms with Crippen molar-refractivity contribution in [3.63, 3.8) is 0 Å². The molecule has 0 bridgehead atoms. The Morgan fingerprint density at radius 1 is 1.24 bits per heavy atom. The molecule has 0 unspecified atom stereocenters. The van der Waals surface area contributed by atoms with Crippen molar-refractivity contribution in [3.8, 4) is 5.75 Å². The van der Waals surface area contributed by atoms with E-state index in [0.29, 0.717) is 21.8 Å². The van der Waals surface area contributed by atoms with Gasteiger partial charge in [-0.15, -0.1) is 11.3 Å². The second-order valence-corrected chi connectivity index (χ2v) is 8.40. The van der Waals surface area contributed by atoms with Gasteiger partial charge in [0.15, 0.2) is 0 Å². The highest BCUT2D eigenvalue weighted by atomic mass is 79.9. The van der Waals surface area contributed by atoms with Gasteiger partial charge in [0.05, 0.1) is 6.61 Å². The maximum atomic E-state index is 12.5. The van der Waals surface area contributed by atoms with Gasteiger partial charge in [0, 0.05) is 18.1 Å². The summed E-state index contributed by atoms with van der Waals surface area (Å²) in [5.41, 5.74) is 0.914. The first-order valence-corrected chi connectivity index (χ1v) is 9.47. The largest absolute Gasteiger partial charge is 0.494 e. The van der Waals surface area contributed by atoms with E-state index in [1.165, 1.54) is 15.6 Å². The minimum Gasteiger partial charge on any atom is -0.494 e. The van der Waals surface area contributed by atoms with Crippen molar-refractivity contribution in [3.05, 3.63) is 45.7 Å². The highest BCUT2D eigenvalue weighted by molar-refractivity contribution is 9.10.